The average Bonchev–Trinajstić information content (AvgIpc) is 2.04. The molecule has 11 heavy (non-hydrogen) atoms. The van der Waals surface area contributed by atoms with Gasteiger partial charge in [-0.2, -0.15) is 0 Å². The molecule has 0 aliphatic rings. The van der Waals surface area contributed by atoms with Gasteiger partial charge in [-0.05, 0) is 0 Å². The van der Waals surface area contributed by atoms with Crippen LogP contribution in [0.4, 0.5) is 0 Å². The third-order valence-corrected chi connectivity index (χ3v) is 1.22. The van der Waals surface area contributed by atoms with Gasteiger partial charge in [0.05, 0.1) is 18.6 Å². The van der Waals surface area contributed by atoms with Crippen molar-refractivity contribution in [3.63, 3.8) is 0 Å². The van der Waals surface area contributed by atoms with E-state index in [9.17, 15) is 0 Å². The minimum Gasteiger partial charge on any atom is -0.389 e. The van der Waals surface area contributed by atoms with Crippen molar-refractivity contribution in [1.29, 1.82) is 0 Å². The molecular weight excluding hydrogens is 168 g/mol. The molecule has 0 fully saturated rings. The average molecular weight is 179 g/mol. The lowest BCUT2D eigenvalue weighted by atomic mass is 10.4. The Morgan fingerprint density at radius 1 is 1.45 bits per heavy atom. The van der Waals surface area contributed by atoms with Crippen molar-refractivity contribution in [2.45, 2.75) is 6.10 Å². The summed E-state index contributed by atoms with van der Waals surface area (Å²) in [4.78, 5) is 0. The molecule has 0 saturated heterocycles. The summed E-state index contributed by atoms with van der Waals surface area (Å²) in [7, 11) is 0. The van der Waals surface area contributed by atoms with Crippen LogP contribution in [0, 0.1) is 11.8 Å². The van der Waals surface area contributed by atoms with E-state index in [2.05, 4.69) is 11.8 Å². The molecule has 0 heterocycles. The number of halogens is 1. The molecule has 0 spiro atoms. The molecule has 0 radical (unpaired) electrons. The fraction of sp³-hybridized carbons (Fsp3) is 0.714. The summed E-state index contributed by atoms with van der Waals surface area (Å²) in [6.45, 7) is 0.236. The zero-order valence-electron chi connectivity index (χ0n) is 6.09. The van der Waals surface area contributed by atoms with Gasteiger partial charge in [0.15, 0.2) is 0 Å². The molecule has 0 amide bonds. The maximum Gasteiger partial charge on any atom is 0.107 e. The van der Waals surface area contributed by atoms with Crippen molar-refractivity contribution in [2.24, 2.45) is 0 Å². The van der Waals surface area contributed by atoms with E-state index in [0.29, 0.717) is 0 Å². The number of hydrogen-bond donors (Lipinski definition) is 2. The Morgan fingerprint density at radius 2 is 2.18 bits per heavy atom. The van der Waals surface area contributed by atoms with Gasteiger partial charge in [-0.3, -0.25) is 0 Å². The highest BCUT2D eigenvalue weighted by atomic mass is 35.5. The van der Waals surface area contributed by atoms with Crippen LogP contribution in [0.2, 0.25) is 0 Å². The minimum absolute atomic E-state index is 0.160. The maximum atomic E-state index is 8.86. The van der Waals surface area contributed by atoms with Gasteiger partial charge < -0.3 is 14.9 Å². The first-order valence-electron chi connectivity index (χ1n) is 3.19. The molecule has 4 heteroatoms. The Hall–Kier alpha value is -0.270. The molecule has 0 aromatic heterocycles. The van der Waals surface area contributed by atoms with Gasteiger partial charge in [0, 0.05) is 0 Å². The second-order valence-electron chi connectivity index (χ2n) is 1.83. The van der Waals surface area contributed by atoms with Crippen LogP contribution in [0.15, 0.2) is 0 Å². The third kappa shape index (κ3) is 7.63. The monoisotopic (exact) mass is 178 g/mol. The SMILES string of the molecule is OCC#CCOCC(O)CCl. The second-order valence-corrected chi connectivity index (χ2v) is 2.14. The predicted molar refractivity (Wildman–Crippen MR) is 42.4 cm³/mol. The summed E-state index contributed by atoms with van der Waals surface area (Å²) in [5.41, 5.74) is 0. The molecule has 0 rings (SSSR count). The van der Waals surface area contributed by atoms with E-state index in [0.717, 1.165) is 0 Å². The van der Waals surface area contributed by atoms with E-state index < -0.39 is 6.10 Å². The Bertz CT molecular complexity index is 138. The van der Waals surface area contributed by atoms with Crippen molar-refractivity contribution in [3.8, 4) is 11.8 Å². The van der Waals surface area contributed by atoms with Crippen LogP contribution in [-0.2, 0) is 4.74 Å². The van der Waals surface area contributed by atoms with Gasteiger partial charge >= 0.3 is 0 Å². The number of aliphatic hydroxyl groups excluding tert-OH is 2. The van der Waals surface area contributed by atoms with Crippen LogP contribution in [0.3, 0.4) is 0 Å². The molecule has 64 valence electrons. The standard InChI is InChI=1S/C7H11ClO3/c8-5-7(10)6-11-4-2-1-3-9/h7,9-10H,3-6H2. The summed E-state index contributed by atoms with van der Waals surface area (Å²) < 4.78 is 4.87. The largest absolute Gasteiger partial charge is 0.389 e. The highest BCUT2D eigenvalue weighted by Gasteiger charge is 1.99. The Morgan fingerprint density at radius 3 is 2.73 bits per heavy atom. The number of aliphatic hydroxyl groups is 2. The fourth-order valence-electron chi connectivity index (χ4n) is 0.397. The van der Waals surface area contributed by atoms with Gasteiger partial charge in [-0.1, -0.05) is 11.8 Å². The molecule has 0 bridgehead atoms. The molecule has 0 aromatic carbocycles. The number of ether oxygens (including phenoxy) is 1. The normalized spacial score (nSPS) is 11.9. The maximum absolute atomic E-state index is 8.86. The quantitative estimate of drug-likeness (QED) is 0.350. The van der Waals surface area contributed by atoms with Crippen molar-refractivity contribution in [1.82, 2.24) is 0 Å². The van der Waals surface area contributed by atoms with E-state index in [1.54, 1.807) is 0 Å². The van der Waals surface area contributed by atoms with E-state index in [1.807, 2.05) is 0 Å². The Balaban J connectivity index is 3.14. The lowest BCUT2D eigenvalue weighted by Gasteiger charge is -2.03. The Kier molecular flexibility index (Phi) is 7.64. The first-order chi connectivity index (χ1) is 5.31. The van der Waals surface area contributed by atoms with E-state index >= 15 is 0 Å². The summed E-state index contributed by atoms with van der Waals surface area (Å²) in [5, 5.41) is 17.1. The number of hydrogen-bond acceptors (Lipinski definition) is 3. The first kappa shape index (κ1) is 10.7. The Labute approximate surface area is 70.9 Å². The highest BCUT2D eigenvalue weighted by molar-refractivity contribution is 6.18. The topological polar surface area (TPSA) is 49.7 Å². The van der Waals surface area contributed by atoms with Crippen LogP contribution in [-0.4, -0.2) is 42.0 Å². The molecule has 0 saturated carbocycles. The second kappa shape index (κ2) is 7.83. The summed E-state index contributed by atoms with van der Waals surface area (Å²) in [6, 6.07) is 0. The zero-order valence-corrected chi connectivity index (χ0v) is 6.84. The molecule has 2 N–H and O–H groups in total. The van der Waals surface area contributed by atoms with Crippen LogP contribution in [0.5, 0.6) is 0 Å². The molecule has 1 atom stereocenters. The smallest absolute Gasteiger partial charge is 0.107 e. The molecule has 0 aliphatic heterocycles. The van der Waals surface area contributed by atoms with Gasteiger partial charge in [0.25, 0.3) is 0 Å². The van der Waals surface area contributed by atoms with E-state index in [4.69, 9.17) is 26.6 Å². The van der Waals surface area contributed by atoms with Crippen molar-refractivity contribution in [3.05, 3.63) is 0 Å². The van der Waals surface area contributed by atoms with Crippen LogP contribution in [0.1, 0.15) is 0 Å². The molecule has 3 nitrogen and oxygen atoms in total. The van der Waals surface area contributed by atoms with Crippen molar-refractivity contribution >= 4 is 11.6 Å². The molecular formula is C7H11ClO3. The van der Waals surface area contributed by atoms with Gasteiger partial charge in [0.2, 0.25) is 0 Å². The van der Waals surface area contributed by atoms with Gasteiger partial charge in [-0.15, -0.1) is 11.6 Å². The van der Waals surface area contributed by atoms with E-state index in [-0.39, 0.29) is 25.7 Å². The van der Waals surface area contributed by atoms with Crippen LogP contribution in [0.25, 0.3) is 0 Å². The molecule has 0 aliphatic carbocycles. The first-order valence-corrected chi connectivity index (χ1v) is 3.73. The zero-order chi connectivity index (χ0) is 8.53. The minimum atomic E-state index is -0.632. The van der Waals surface area contributed by atoms with Crippen LogP contribution < -0.4 is 0 Å². The predicted octanol–water partition coefficient (Wildman–Crippen LogP) is -0.402. The van der Waals surface area contributed by atoms with Crippen molar-refractivity contribution < 1.29 is 14.9 Å². The molecule has 1 unspecified atom stereocenters. The third-order valence-electron chi connectivity index (χ3n) is 0.867. The lowest BCUT2D eigenvalue weighted by molar-refractivity contribution is 0.0639. The number of alkyl halides is 1. The van der Waals surface area contributed by atoms with Gasteiger partial charge in [-0.25, -0.2) is 0 Å². The summed E-state index contributed by atoms with van der Waals surface area (Å²) in [5.74, 6) is 5.10. The van der Waals surface area contributed by atoms with E-state index in [1.165, 1.54) is 0 Å². The molecule has 0 aromatic rings. The number of rotatable bonds is 4. The highest BCUT2D eigenvalue weighted by Crippen LogP contribution is 1.87. The summed E-state index contributed by atoms with van der Waals surface area (Å²) >= 11 is 5.29. The van der Waals surface area contributed by atoms with Gasteiger partial charge in [0.1, 0.15) is 13.2 Å². The summed E-state index contributed by atoms with van der Waals surface area (Å²) in [6.07, 6.45) is -0.632. The van der Waals surface area contributed by atoms with Crippen LogP contribution >= 0.6 is 11.6 Å². The van der Waals surface area contributed by atoms with Crippen molar-refractivity contribution in [2.75, 3.05) is 25.7 Å². The fourth-order valence-corrected chi connectivity index (χ4v) is 0.487. The lowest BCUT2D eigenvalue weighted by Crippen LogP contribution is -2.16.